The SMILES string of the molecule is Cc1ccc(S(=O)(=O)NC(C)C)cc1C(=O)NCc1ccccc1CN1CCOCC1. The maximum Gasteiger partial charge on any atom is 0.251 e. The largest absolute Gasteiger partial charge is 0.379 e. The Kier molecular flexibility index (Phi) is 7.83. The fourth-order valence-corrected chi connectivity index (χ4v) is 4.82. The summed E-state index contributed by atoms with van der Waals surface area (Å²) in [5.41, 5.74) is 3.30. The van der Waals surface area contributed by atoms with Crippen molar-refractivity contribution in [3.05, 3.63) is 64.7 Å². The number of carbonyl (C=O) groups is 1. The molecule has 0 saturated carbocycles. The first kappa shape index (κ1) is 23.4. The molecule has 0 aliphatic carbocycles. The summed E-state index contributed by atoms with van der Waals surface area (Å²) in [6.45, 7) is 9.77. The molecule has 8 heteroatoms. The average molecular weight is 446 g/mol. The summed E-state index contributed by atoms with van der Waals surface area (Å²) in [4.78, 5) is 15.3. The van der Waals surface area contributed by atoms with Crippen molar-refractivity contribution in [1.82, 2.24) is 14.9 Å². The minimum Gasteiger partial charge on any atom is -0.379 e. The highest BCUT2D eigenvalue weighted by Gasteiger charge is 2.19. The van der Waals surface area contributed by atoms with Crippen LogP contribution in [0.15, 0.2) is 47.4 Å². The van der Waals surface area contributed by atoms with Crippen LogP contribution in [0.4, 0.5) is 0 Å². The molecular formula is C23H31N3O4S. The Morgan fingerprint density at radius 2 is 1.77 bits per heavy atom. The van der Waals surface area contributed by atoms with Gasteiger partial charge in [0.25, 0.3) is 5.91 Å². The normalized spacial score (nSPS) is 15.2. The van der Waals surface area contributed by atoms with Crippen LogP contribution in [0.1, 0.15) is 40.9 Å². The zero-order valence-electron chi connectivity index (χ0n) is 18.3. The van der Waals surface area contributed by atoms with Gasteiger partial charge in [-0.2, -0.15) is 0 Å². The molecule has 168 valence electrons. The molecule has 0 bridgehead atoms. The summed E-state index contributed by atoms with van der Waals surface area (Å²) in [5, 5.41) is 2.96. The van der Waals surface area contributed by atoms with Crippen molar-refractivity contribution >= 4 is 15.9 Å². The second kappa shape index (κ2) is 10.4. The highest BCUT2D eigenvalue weighted by molar-refractivity contribution is 7.89. The van der Waals surface area contributed by atoms with Crippen molar-refractivity contribution in [3.63, 3.8) is 0 Å². The van der Waals surface area contributed by atoms with Gasteiger partial charge in [-0.25, -0.2) is 13.1 Å². The number of hydrogen-bond acceptors (Lipinski definition) is 5. The van der Waals surface area contributed by atoms with E-state index >= 15 is 0 Å². The summed E-state index contributed by atoms with van der Waals surface area (Å²) >= 11 is 0. The minimum absolute atomic E-state index is 0.0877. The van der Waals surface area contributed by atoms with Crippen LogP contribution in [-0.4, -0.2) is 51.6 Å². The minimum atomic E-state index is -3.67. The van der Waals surface area contributed by atoms with E-state index in [0.717, 1.165) is 44.0 Å². The van der Waals surface area contributed by atoms with Gasteiger partial charge in [0, 0.05) is 37.8 Å². The Labute approximate surface area is 184 Å². The molecule has 7 nitrogen and oxygen atoms in total. The average Bonchev–Trinajstić information content (AvgIpc) is 2.73. The van der Waals surface area contributed by atoms with Crippen LogP contribution in [0.3, 0.4) is 0 Å². The molecular weight excluding hydrogens is 414 g/mol. The monoisotopic (exact) mass is 445 g/mol. The van der Waals surface area contributed by atoms with E-state index < -0.39 is 10.0 Å². The van der Waals surface area contributed by atoms with E-state index in [9.17, 15) is 13.2 Å². The molecule has 0 aromatic heterocycles. The molecule has 3 rings (SSSR count). The van der Waals surface area contributed by atoms with Crippen LogP contribution in [0.5, 0.6) is 0 Å². The van der Waals surface area contributed by atoms with Gasteiger partial charge in [0.15, 0.2) is 0 Å². The van der Waals surface area contributed by atoms with Crippen molar-refractivity contribution in [2.75, 3.05) is 26.3 Å². The number of benzene rings is 2. The number of ether oxygens (including phenoxy) is 1. The van der Waals surface area contributed by atoms with Crippen LogP contribution < -0.4 is 10.0 Å². The van der Waals surface area contributed by atoms with Crippen LogP contribution in [0.2, 0.25) is 0 Å². The van der Waals surface area contributed by atoms with Gasteiger partial charge in [0.1, 0.15) is 0 Å². The van der Waals surface area contributed by atoms with Gasteiger partial charge in [-0.15, -0.1) is 0 Å². The summed E-state index contributed by atoms with van der Waals surface area (Å²) in [6.07, 6.45) is 0. The first-order valence-electron chi connectivity index (χ1n) is 10.5. The number of amides is 1. The lowest BCUT2D eigenvalue weighted by molar-refractivity contribution is 0.0340. The predicted octanol–water partition coefficient (Wildman–Crippen LogP) is 2.44. The van der Waals surface area contributed by atoms with Gasteiger partial charge in [0.05, 0.1) is 18.1 Å². The third-order valence-corrected chi connectivity index (χ3v) is 6.87. The Hall–Kier alpha value is -2.26. The summed E-state index contributed by atoms with van der Waals surface area (Å²) < 4.78 is 32.9. The molecule has 2 N–H and O–H groups in total. The lowest BCUT2D eigenvalue weighted by Gasteiger charge is -2.27. The summed E-state index contributed by atoms with van der Waals surface area (Å²) in [7, 11) is -3.67. The lowest BCUT2D eigenvalue weighted by Crippen LogP contribution is -2.36. The first-order chi connectivity index (χ1) is 14.8. The van der Waals surface area contributed by atoms with E-state index in [4.69, 9.17) is 4.74 Å². The van der Waals surface area contributed by atoms with Gasteiger partial charge in [-0.3, -0.25) is 9.69 Å². The molecule has 1 aliphatic rings. The molecule has 0 radical (unpaired) electrons. The smallest absolute Gasteiger partial charge is 0.251 e. The third kappa shape index (κ3) is 6.36. The second-order valence-electron chi connectivity index (χ2n) is 8.09. The van der Waals surface area contributed by atoms with Gasteiger partial charge in [0.2, 0.25) is 10.0 Å². The number of rotatable bonds is 8. The van der Waals surface area contributed by atoms with Crippen LogP contribution >= 0.6 is 0 Å². The number of aryl methyl sites for hydroxylation is 1. The molecule has 1 amide bonds. The second-order valence-corrected chi connectivity index (χ2v) is 9.81. The molecule has 2 aromatic carbocycles. The fourth-order valence-electron chi connectivity index (χ4n) is 3.55. The fraction of sp³-hybridized carbons (Fsp3) is 0.435. The number of morpholine rings is 1. The van der Waals surface area contributed by atoms with Crippen molar-refractivity contribution in [1.29, 1.82) is 0 Å². The number of nitrogens with zero attached hydrogens (tertiary/aromatic N) is 1. The van der Waals surface area contributed by atoms with Crippen molar-refractivity contribution in [2.24, 2.45) is 0 Å². The van der Waals surface area contributed by atoms with Crippen molar-refractivity contribution < 1.29 is 17.9 Å². The van der Waals surface area contributed by atoms with Gasteiger partial charge in [-0.05, 0) is 49.6 Å². The maximum absolute atomic E-state index is 12.9. The topological polar surface area (TPSA) is 87.7 Å². The molecule has 2 aromatic rings. The van der Waals surface area contributed by atoms with E-state index in [1.165, 1.54) is 17.7 Å². The van der Waals surface area contributed by atoms with Gasteiger partial charge < -0.3 is 10.1 Å². The zero-order valence-corrected chi connectivity index (χ0v) is 19.2. The van der Waals surface area contributed by atoms with Crippen LogP contribution in [0.25, 0.3) is 0 Å². The highest BCUT2D eigenvalue weighted by Crippen LogP contribution is 2.17. The van der Waals surface area contributed by atoms with E-state index in [-0.39, 0.29) is 16.8 Å². The number of sulfonamides is 1. The quantitative estimate of drug-likeness (QED) is 0.652. The zero-order chi connectivity index (χ0) is 22.4. The van der Waals surface area contributed by atoms with Crippen molar-refractivity contribution in [2.45, 2.75) is 44.8 Å². The van der Waals surface area contributed by atoms with Crippen LogP contribution in [-0.2, 0) is 27.8 Å². The molecule has 1 heterocycles. The van der Waals surface area contributed by atoms with Crippen molar-refractivity contribution in [3.8, 4) is 0 Å². The highest BCUT2D eigenvalue weighted by atomic mass is 32.2. The standard InChI is InChI=1S/C23H31N3O4S/c1-17(2)25-31(28,29)21-9-8-18(3)22(14-21)23(27)24-15-19-6-4-5-7-20(19)16-26-10-12-30-13-11-26/h4-9,14,17,25H,10-13,15-16H2,1-3H3,(H,24,27). The summed E-state index contributed by atoms with van der Waals surface area (Å²) in [5.74, 6) is -0.291. The first-order valence-corrected chi connectivity index (χ1v) is 12.0. The number of nitrogens with one attached hydrogen (secondary N) is 2. The molecule has 0 spiro atoms. The number of hydrogen-bond donors (Lipinski definition) is 2. The number of carbonyl (C=O) groups excluding carboxylic acids is 1. The Morgan fingerprint density at radius 1 is 1.10 bits per heavy atom. The lowest BCUT2D eigenvalue weighted by atomic mass is 10.1. The van der Waals surface area contributed by atoms with Crippen LogP contribution in [0, 0.1) is 6.92 Å². The predicted molar refractivity (Wildman–Crippen MR) is 120 cm³/mol. The van der Waals surface area contributed by atoms with E-state index in [1.807, 2.05) is 18.2 Å². The van der Waals surface area contributed by atoms with Gasteiger partial charge >= 0.3 is 0 Å². The molecule has 1 aliphatic heterocycles. The molecule has 1 saturated heterocycles. The molecule has 1 fully saturated rings. The third-order valence-electron chi connectivity index (χ3n) is 5.21. The van der Waals surface area contributed by atoms with Gasteiger partial charge in [-0.1, -0.05) is 30.3 Å². The Balaban J connectivity index is 1.72. The molecule has 31 heavy (non-hydrogen) atoms. The molecule has 0 atom stereocenters. The van der Waals surface area contributed by atoms with E-state index in [2.05, 4.69) is 21.0 Å². The molecule has 0 unspecified atom stereocenters. The van der Waals surface area contributed by atoms with E-state index in [0.29, 0.717) is 12.1 Å². The Morgan fingerprint density at radius 3 is 2.45 bits per heavy atom. The maximum atomic E-state index is 12.9. The summed E-state index contributed by atoms with van der Waals surface area (Å²) in [6, 6.07) is 12.4. The van der Waals surface area contributed by atoms with E-state index in [1.54, 1.807) is 26.8 Å². The Bertz CT molecular complexity index is 1020.